The molecule has 3 N–H and O–H groups in total. The van der Waals surface area contributed by atoms with Crippen molar-refractivity contribution in [3.8, 4) is 0 Å². The van der Waals surface area contributed by atoms with Crippen molar-refractivity contribution in [3.05, 3.63) is 47.5 Å². The minimum absolute atomic E-state index is 0.126. The van der Waals surface area contributed by atoms with E-state index in [-0.39, 0.29) is 19.0 Å². The first-order chi connectivity index (χ1) is 9.11. The van der Waals surface area contributed by atoms with Crippen LogP contribution in [0.5, 0.6) is 0 Å². The minimum Gasteiger partial charge on any atom is -0.395 e. The number of nitrogens with two attached hydrogens (primary N) is 1. The number of aliphatic hydroxyl groups excluding tert-OH is 1. The Labute approximate surface area is 110 Å². The second-order valence-electron chi connectivity index (χ2n) is 4.68. The standard InChI is InChI=1S/C13H17FN4O/c1-18-7-10(16-17-18)6-13(8-15,9-19)11-4-2-3-5-12(11)14/h2-5,7,19H,6,8-9,15H2,1H3. The molecule has 0 saturated heterocycles. The Bertz CT molecular complexity index is 551. The molecule has 1 aromatic heterocycles. The molecule has 2 rings (SSSR count). The normalized spacial score (nSPS) is 14.3. The first-order valence-electron chi connectivity index (χ1n) is 6.02. The van der Waals surface area contributed by atoms with Crippen molar-refractivity contribution in [2.75, 3.05) is 13.2 Å². The Morgan fingerprint density at radius 1 is 1.42 bits per heavy atom. The van der Waals surface area contributed by atoms with Crippen LogP contribution in [-0.4, -0.2) is 33.3 Å². The van der Waals surface area contributed by atoms with Gasteiger partial charge in [-0.05, 0) is 11.6 Å². The van der Waals surface area contributed by atoms with E-state index in [1.165, 1.54) is 6.07 Å². The molecule has 2 aromatic rings. The summed E-state index contributed by atoms with van der Waals surface area (Å²) >= 11 is 0. The second-order valence-corrected chi connectivity index (χ2v) is 4.68. The van der Waals surface area contributed by atoms with E-state index in [4.69, 9.17) is 5.73 Å². The van der Waals surface area contributed by atoms with E-state index < -0.39 is 5.41 Å². The summed E-state index contributed by atoms with van der Waals surface area (Å²) in [5.41, 5.74) is 6.00. The summed E-state index contributed by atoms with van der Waals surface area (Å²) in [7, 11) is 1.75. The molecule has 0 radical (unpaired) electrons. The third-order valence-electron chi connectivity index (χ3n) is 3.31. The second kappa shape index (κ2) is 5.46. The van der Waals surface area contributed by atoms with E-state index in [1.807, 2.05) is 0 Å². The van der Waals surface area contributed by atoms with Gasteiger partial charge in [0.1, 0.15) is 5.82 Å². The Kier molecular flexibility index (Phi) is 3.92. The van der Waals surface area contributed by atoms with Crippen molar-refractivity contribution in [3.63, 3.8) is 0 Å². The first-order valence-corrected chi connectivity index (χ1v) is 6.02. The highest BCUT2D eigenvalue weighted by atomic mass is 19.1. The lowest BCUT2D eigenvalue weighted by molar-refractivity contribution is 0.191. The molecule has 0 amide bonds. The summed E-state index contributed by atoms with van der Waals surface area (Å²) in [6.07, 6.45) is 2.08. The zero-order chi connectivity index (χ0) is 13.9. The van der Waals surface area contributed by atoms with Gasteiger partial charge in [0.15, 0.2) is 0 Å². The van der Waals surface area contributed by atoms with Crippen LogP contribution in [0.15, 0.2) is 30.5 Å². The van der Waals surface area contributed by atoms with Gasteiger partial charge in [-0.15, -0.1) is 5.10 Å². The maximum atomic E-state index is 14.0. The van der Waals surface area contributed by atoms with Gasteiger partial charge in [-0.25, -0.2) is 4.39 Å². The van der Waals surface area contributed by atoms with Crippen LogP contribution >= 0.6 is 0 Å². The molecule has 0 aliphatic heterocycles. The van der Waals surface area contributed by atoms with Crippen LogP contribution in [0.1, 0.15) is 11.3 Å². The summed E-state index contributed by atoms with van der Waals surface area (Å²) in [5, 5.41) is 17.5. The molecule has 0 aliphatic rings. The summed E-state index contributed by atoms with van der Waals surface area (Å²) < 4.78 is 15.5. The summed E-state index contributed by atoms with van der Waals surface area (Å²) in [4.78, 5) is 0. The van der Waals surface area contributed by atoms with Crippen molar-refractivity contribution in [1.29, 1.82) is 0 Å². The smallest absolute Gasteiger partial charge is 0.127 e. The lowest BCUT2D eigenvalue weighted by Crippen LogP contribution is -2.41. The van der Waals surface area contributed by atoms with E-state index in [9.17, 15) is 9.50 Å². The van der Waals surface area contributed by atoms with Gasteiger partial charge >= 0.3 is 0 Å². The number of aromatic nitrogens is 3. The van der Waals surface area contributed by atoms with Crippen molar-refractivity contribution >= 4 is 0 Å². The fourth-order valence-electron chi connectivity index (χ4n) is 2.20. The molecule has 1 unspecified atom stereocenters. The number of rotatable bonds is 5. The third-order valence-corrected chi connectivity index (χ3v) is 3.31. The minimum atomic E-state index is -0.874. The number of halogens is 1. The topological polar surface area (TPSA) is 77.0 Å². The zero-order valence-electron chi connectivity index (χ0n) is 10.8. The predicted octanol–water partition coefficient (Wildman–Crippen LogP) is 0.386. The summed E-state index contributed by atoms with van der Waals surface area (Å²) in [6.45, 7) is -0.123. The lowest BCUT2D eigenvalue weighted by Gasteiger charge is -2.30. The molecule has 1 atom stereocenters. The molecule has 1 aromatic carbocycles. The Morgan fingerprint density at radius 3 is 2.68 bits per heavy atom. The molecule has 5 nitrogen and oxygen atoms in total. The van der Waals surface area contributed by atoms with Crippen molar-refractivity contribution in [1.82, 2.24) is 15.0 Å². The fraction of sp³-hybridized carbons (Fsp3) is 0.385. The van der Waals surface area contributed by atoms with Crippen molar-refractivity contribution in [2.45, 2.75) is 11.8 Å². The molecular formula is C13H17FN4O. The van der Waals surface area contributed by atoms with Crippen LogP contribution in [0, 0.1) is 5.82 Å². The SMILES string of the molecule is Cn1cc(CC(CN)(CO)c2ccccc2F)nn1. The molecule has 0 saturated carbocycles. The fourth-order valence-corrected chi connectivity index (χ4v) is 2.20. The maximum absolute atomic E-state index is 14.0. The van der Waals surface area contributed by atoms with Crippen LogP contribution in [0.25, 0.3) is 0 Å². The van der Waals surface area contributed by atoms with Crippen LogP contribution in [0.2, 0.25) is 0 Å². The molecule has 0 bridgehead atoms. The molecule has 6 heteroatoms. The average Bonchev–Trinajstić information content (AvgIpc) is 2.82. The quantitative estimate of drug-likeness (QED) is 0.819. The average molecular weight is 264 g/mol. The monoisotopic (exact) mass is 264 g/mol. The van der Waals surface area contributed by atoms with Crippen LogP contribution < -0.4 is 5.73 Å². The maximum Gasteiger partial charge on any atom is 0.127 e. The van der Waals surface area contributed by atoms with Crippen LogP contribution in [0.3, 0.4) is 0 Å². The van der Waals surface area contributed by atoms with Gasteiger partial charge in [-0.2, -0.15) is 0 Å². The van der Waals surface area contributed by atoms with E-state index >= 15 is 0 Å². The third kappa shape index (κ3) is 2.64. The molecule has 19 heavy (non-hydrogen) atoms. The molecule has 102 valence electrons. The molecular weight excluding hydrogens is 247 g/mol. The van der Waals surface area contributed by atoms with Crippen molar-refractivity contribution in [2.24, 2.45) is 12.8 Å². The highest BCUT2D eigenvalue weighted by Gasteiger charge is 2.34. The van der Waals surface area contributed by atoms with Gasteiger partial charge in [0.05, 0.1) is 12.3 Å². The number of benzene rings is 1. The largest absolute Gasteiger partial charge is 0.395 e. The first kappa shape index (κ1) is 13.6. The van der Waals surface area contributed by atoms with E-state index in [0.717, 1.165) is 0 Å². The van der Waals surface area contributed by atoms with Gasteiger partial charge in [0.25, 0.3) is 0 Å². The van der Waals surface area contributed by atoms with Gasteiger partial charge in [-0.3, -0.25) is 4.68 Å². The van der Waals surface area contributed by atoms with Gasteiger partial charge in [-0.1, -0.05) is 23.4 Å². The number of aliphatic hydroxyl groups is 1. The lowest BCUT2D eigenvalue weighted by atomic mass is 9.77. The van der Waals surface area contributed by atoms with Gasteiger partial charge in [0.2, 0.25) is 0 Å². The van der Waals surface area contributed by atoms with Crippen LogP contribution in [0.4, 0.5) is 4.39 Å². The summed E-state index contributed by atoms with van der Waals surface area (Å²) in [6, 6.07) is 6.36. The number of hydrogen-bond donors (Lipinski definition) is 2. The predicted molar refractivity (Wildman–Crippen MR) is 68.9 cm³/mol. The molecule has 0 fully saturated rings. The van der Waals surface area contributed by atoms with Crippen molar-refractivity contribution < 1.29 is 9.50 Å². The zero-order valence-corrected chi connectivity index (χ0v) is 10.8. The Balaban J connectivity index is 2.40. The number of hydrogen-bond acceptors (Lipinski definition) is 4. The Morgan fingerprint density at radius 2 is 2.16 bits per heavy atom. The highest BCUT2D eigenvalue weighted by molar-refractivity contribution is 5.29. The number of aryl methyl sites for hydroxylation is 1. The number of nitrogens with zero attached hydrogens (tertiary/aromatic N) is 3. The van der Waals surface area contributed by atoms with Crippen LogP contribution in [-0.2, 0) is 18.9 Å². The van der Waals surface area contributed by atoms with E-state index in [2.05, 4.69) is 10.3 Å². The van der Waals surface area contributed by atoms with Gasteiger partial charge < -0.3 is 10.8 Å². The molecule has 0 aliphatic carbocycles. The molecule has 0 spiro atoms. The Hall–Kier alpha value is -1.79. The van der Waals surface area contributed by atoms with Gasteiger partial charge in [0, 0.05) is 31.6 Å². The molecule has 1 heterocycles. The van der Waals surface area contributed by atoms with E-state index in [1.54, 1.807) is 36.1 Å². The highest BCUT2D eigenvalue weighted by Crippen LogP contribution is 2.28. The van der Waals surface area contributed by atoms with E-state index in [0.29, 0.717) is 17.7 Å². The summed E-state index contributed by atoms with van der Waals surface area (Å²) in [5.74, 6) is -0.370.